The maximum atomic E-state index is 11.0. The highest BCUT2D eigenvalue weighted by molar-refractivity contribution is 5.76. The van der Waals surface area contributed by atoms with Gasteiger partial charge in [0.25, 0.3) is 0 Å². The molecule has 0 heterocycles. The van der Waals surface area contributed by atoms with Gasteiger partial charge >= 0.3 is 5.97 Å². The van der Waals surface area contributed by atoms with Crippen molar-refractivity contribution in [3.8, 4) is 11.8 Å². The number of hydrogen-bond donors (Lipinski definition) is 0. The van der Waals surface area contributed by atoms with Gasteiger partial charge in [0.05, 0.1) is 6.61 Å². The zero-order valence-electron chi connectivity index (χ0n) is 9.95. The third-order valence-corrected chi connectivity index (χ3v) is 2.15. The second-order valence-electron chi connectivity index (χ2n) is 3.48. The van der Waals surface area contributed by atoms with Crippen LogP contribution in [0.5, 0.6) is 0 Å². The van der Waals surface area contributed by atoms with Gasteiger partial charge in [0.1, 0.15) is 12.7 Å². The quantitative estimate of drug-likeness (QED) is 0.454. The normalized spacial score (nSPS) is 9.06. The van der Waals surface area contributed by atoms with Gasteiger partial charge in [0, 0.05) is 11.1 Å². The molecule has 0 aromatic heterocycles. The largest absolute Gasteiger partial charge is 0.465 e. The number of hydrogen-bond acceptors (Lipinski definition) is 3. The van der Waals surface area contributed by atoms with Gasteiger partial charge in [0.15, 0.2) is 0 Å². The lowest BCUT2D eigenvalue weighted by molar-refractivity contribution is -0.141. The predicted molar refractivity (Wildman–Crippen MR) is 64.7 cm³/mol. The smallest absolute Gasteiger partial charge is 0.317 e. The number of carbonyl (C=O) groups is 2. The van der Waals surface area contributed by atoms with Crippen LogP contribution in [-0.4, -0.2) is 18.9 Å². The lowest BCUT2D eigenvalue weighted by Crippen LogP contribution is -2.01. The highest BCUT2D eigenvalue weighted by Gasteiger charge is 1.98. The molecule has 17 heavy (non-hydrogen) atoms. The molecule has 0 amide bonds. The van der Waals surface area contributed by atoms with Crippen LogP contribution in [0.15, 0.2) is 18.2 Å². The Balaban J connectivity index is 2.72. The fourth-order valence-electron chi connectivity index (χ4n) is 1.32. The number of benzene rings is 1. The molecule has 1 rings (SSSR count). The average molecular weight is 230 g/mol. The Hall–Kier alpha value is -2.08. The standard InChI is InChI=1S/C14H14O3/c1-3-17-14(16)6-4-5-13-8-7-12(10-15)9-11(13)2/h7-10H,3,6H2,1-2H3. The number of aryl methyl sites for hydroxylation is 1. The number of ether oxygens (including phenoxy) is 1. The number of carbonyl (C=O) groups excluding carboxylic acids is 2. The Labute approximate surface area is 101 Å². The third-order valence-electron chi connectivity index (χ3n) is 2.15. The summed E-state index contributed by atoms with van der Waals surface area (Å²) in [5, 5.41) is 0. The van der Waals surface area contributed by atoms with Crippen molar-refractivity contribution in [2.75, 3.05) is 6.61 Å². The van der Waals surface area contributed by atoms with Crippen LogP contribution in [0.4, 0.5) is 0 Å². The van der Waals surface area contributed by atoms with E-state index in [0.29, 0.717) is 12.2 Å². The lowest BCUT2D eigenvalue weighted by atomic mass is 10.1. The Morgan fingerprint density at radius 3 is 2.82 bits per heavy atom. The summed E-state index contributed by atoms with van der Waals surface area (Å²) in [7, 11) is 0. The van der Waals surface area contributed by atoms with Crippen LogP contribution in [0, 0.1) is 18.8 Å². The van der Waals surface area contributed by atoms with Crippen LogP contribution >= 0.6 is 0 Å². The monoisotopic (exact) mass is 230 g/mol. The second-order valence-corrected chi connectivity index (χ2v) is 3.48. The molecule has 3 heteroatoms. The van der Waals surface area contributed by atoms with E-state index in [1.54, 1.807) is 25.1 Å². The summed E-state index contributed by atoms with van der Waals surface area (Å²) in [6.07, 6.45) is 0.880. The SMILES string of the molecule is CCOC(=O)CC#Cc1ccc(C=O)cc1C. The Kier molecular flexibility index (Phi) is 4.96. The fraction of sp³-hybridized carbons (Fsp3) is 0.286. The summed E-state index contributed by atoms with van der Waals surface area (Å²) in [5.41, 5.74) is 2.37. The fourth-order valence-corrected chi connectivity index (χ4v) is 1.32. The Morgan fingerprint density at radius 1 is 1.47 bits per heavy atom. The molecule has 0 fully saturated rings. The summed E-state index contributed by atoms with van der Waals surface area (Å²) < 4.78 is 4.76. The number of rotatable bonds is 3. The Bertz CT molecular complexity index is 478. The van der Waals surface area contributed by atoms with Crippen LogP contribution in [-0.2, 0) is 9.53 Å². The average Bonchev–Trinajstić information content (AvgIpc) is 2.31. The van der Waals surface area contributed by atoms with E-state index in [1.807, 2.05) is 6.92 Å². The van der Waals surface area contributed by atoms with Crippen LogP contribution in [0.3, 0.4) is 0 Å². The molecular weight excluding hydrogens is 216 g/mol. The molecule has 1 aromatic carbocycles. The summed E-state index contributed by atoms with van der Waals surface area (Å²) in [6.45, 7) is 4.00. The maximum Gasteiger partial charge on any atom is 0.317 e. The molecule has 0 saturated heterocycles. The molecule has 0 saturated carbocycles. The van der Waals surface area contributed by atoms with Gasteiger partial charge in [-0.2, -0.15) is 0 Å². The summed E-state index contributed by atoms with van der Waals surface area (Å²) >= 11 is 0. The molecule has 0 aliphatic rings. The van der Waals surface area contributed by atoms with Crippen LogP contribution in [0.2, 0.25) is 0 Å². The molecule has 1 aromatic rings. The van der Waals surface area contributed by atoms with Crippen LogP contribution in [0.25, 0.3) is 0 Å². The molecular formula is C14H14O3. The van der Waals surface area contributed by atoms with Gasteiger partial charge in [-0.25, -0.2) is 0 Å². The van der Waals surface area contributed by atoms with Crippen molar-refractivity contribution in [1.82, 2.24) is 0 Å². The van der Waals surface area contributed by atoms with Gasteiger partial charge in [-0.15, -0.1) is 0 Å². The van der Waals surface area contributed by atoms with Gasteiger partial charge in [-0.05, 0) is 31.5 Å². The van der Waals surface area contributed by atoms with Crippen molar-refractivity contribution in [1.29, 1.82) is 0 Å². The van der Waals surface area contributed by atoms with Crippen molar-refractivity contribution in [3.05, 3.63) is 34.9 Å². The van der Waals surface area contributed by atoms with E-state index < -0.39 is 0 Å². The first-order chi connectivity index (χ1) is 8.17. The minimum Gasteiger partial charge on any atom is -0.465 e. The van der Waals surface area contributed by atoms with E-state index in [-0.39, 0.29) is 12.4 Å². The molecule has 0 unspecified atom stereocenters. The van der Waals surface area contributed by atoms with Gasteiger partial charge in [-0.3, -0.25) is 9.59 Å². The molecule has 0 radical (unpaired) electrons. The van der Waals surface area contributed by atoms with E-state index in [2.05, 4.69) is 11.8 Å². The van der Waals surface area contributed by atoms with Gasteiger partial charge in [0.2, 0.25) is 0 Å². The summed E-state index contributed by atoms with van der Waals surface area (Å²) in [4.78, 5) is 21.6. The maximum absolute atomic E-state index is 11.0. The first kappa shape index (κ1) is 13.0. The van der Waals surface area contributed by atoms with E-state index in [9.17, 15) is 9.59 Å². The Morgan fingerprint density at radius 2 is 2.24 bits per heavy atom. The van der Waals surface area contributed by atoms with Gasteiger partial charge in [-0.1, -0.05) is 17.9 Å². The van der Waals surface area contributed by atoms with Crippen LogP contribution < -0.4 is 0 Å². The molecule has 0 aliphatic heterocycles. The van der Waals surface area contributed by atoms with Crippen molar-refractivity contribution < 1.29 is 14.3 Å². The topological polar surface area (TPSA) is 43.4 Å². The molecule has 0 N–H and O–H groups in total. The zero-order valence-corrected chi connectivity index (χ0v) is 9.95. The van der Waals surface area contributed by atoms with Crippen molar-refractivity contribution in [2.45, 2.75) is 20.3 Å². The van der Waals surface area contributed by atoms with E-state index in [4.69, 9.17) is 4.74 Å². The van der Waals surface area contributed by atoms with Crippen LogP contribution in [0.1, 0.15) is 34.8 Å². The molecule has 88 valence electrons. The van der Waals surface area contributed by atoms with E-state index >= 15 is 0 Å². The van der Waals surface area contributed by atoms with Crippen molar-refractivity contribution >= 4 is 12.3 Å². The zero-order chi connectivity index (χ0) is 12.7. The summed E-state index contributed by atoms with van der Waals surface area (Å²) in [5.74, 6) is 5.32. The first-order valence-electron chi connectivity index (χ1n) is 5.37. The van der Waals surface area contributed by atoms with Crippen molar-refractivity contribution in [3.63, 3.8) is 0 Å². The summed E-state index contributed by atoms with van der Waals surface area (Å²) in [6, 6.07) is 5.24. The third kappa shape index (κ3) is 4.12. The first-order valence-corrected chi connectivity index (χ1v) is 5.37. The number of esters is 1. The molecule has 0 atom stereocenters. The minimum absolute atomic E-state index is 0.0860. The van der Waals surface area contributed by atoms with Gasteiger partial charge < -0.3 is 4.74 Å². The highest BCUT2D eigenvalue weighted by atomic mass is 16.5. The second kappa shape index (κ2) is 6.49. The van der Waals surface area contributed by atoms with E-state index in [0.717, 1.165) is 17.4 Å². The molecule has 0 aliphatic carbocycles. The molecule has 0 spiro atoms. The lowest BCUT2D eigenvalue weighted by Gasteiger charge is -1.98. The highest BCUT2D eigenvalue weighted by Crippen LogP contribution is 2.08. The molecule has 0 bridgehead atoms. The minimum atomic E-state index is -0.317. The van der Waals surface area contributed by atoms with Crippen molar-refractivity contribution in [2.24, 2.45) is 0 Å². The van der Waals surface area contributed by atoms with E-state index in [1.165, 1.54) is 0 Å². The molecule has 3 nitrogen and oxygen atoms in total. The predicted octanol–water partition coefficient (Wildman–Crippen LogP) is 2.11. The number of aldehydes is 1.